The zero-order chi connectivity index (χ0) is 19.8. The second-order valence-electron chi connectivity index (χ2n) is 6.82. The minimum Gasteiger partial charge on any atom is -0.379 e. The molecular formula is C21H27Cl2N3O. The molecule has 2 aromatic rings. The van der Waals surface area contributed by atoms with Crippen LogP contribution in [0.2, 0.25) is 10.0 Å². The summed E-state index contributed by atoms with van der Waals surface area (Å²) in [6, 6.07) is 13.3. The molecule has 0 fully saturated rings. The molecule has 27 heavy (non-hydrogen) atoms. The van der Waals surface area contributed by atoms with Crippen molar-refractivity contribution in [2.24, 2.45) is 0 Å². The van der Waals surface area contributed by atoms with Crippen molar-refractivity contribution in [3.8, 4) is 0 Å². The molecule has 6 heteroatoms. The predicted octanol–water partition coefficient (Wildman–Crippen LogP) is 4.78. The number of amides is 1. The maximum atomic E-state index is 12.5. The van der Waals surface area contributed by atoms with Crippen molar-refractivity contribution in [2.75, 3.05) is 32.5 Å². The summed E-state index contributed by atoms with van der Waals surface area (Å²) in [4.78, 5) is 14.6. The second-order valence-corrected chi connectivity index (χ2v) is 7.63. The lowest BCUT2D eigenvalue weighted by Crippen LogP contribution is -2.31. The highest BCUT2D eigenvalue weighted by Crippen LogP contribution is 2.31. The van der Waals surface area contributed by atoms with E-state index in [9.17, 15) is 4.79 Å². The number of halogens is 2. The maximum absolute atomic E-state index is 12.5. The maximum Gasteiger partial charge on any atom is 0.227 e. The molecule has 0 spiro atoms. The molecular weight excluding hydrogens is 381 g/mol. The average Bonchev–Trinajstić information content (AvgIpc) is 2.64. The van der Waals surface area contributed by atoms with E-state index in [2.05, 4.69) is 15.5 Å². The van der Waals surface area contributed by atoms with Crippen LogP contribution in [-0.4, -0.2) is 38.0 Å². The van der Waals surface area contributed by atoms with Gasteiger partial charge in [-0.3, -0.25) is 4.79 Å². The molecule has 0 aliphatic carbocycles. The Bertz CT molecular complexity index is 745. The zero-order valence-corrected chi connectivity index (χ0v) is 17.6. The Labute approximate surface area is 171 Å². The average molecular weight is 408 g/mol. The molecule has 0 heterocycles. The van der Waals surface area contributed by atoms with Gasteiger partial charge in [-0.15, -0.1) is 0 Å². The number of hydrogen-bond donors (Lipinski definition) is 2. The fourth-order valence-corrected chi connectivity index (χ4v) is 3.40. The summed E-state index contributed by atoms with van der Waals surface area (Å²) in [5, 5.41) is 7.47. The normalized spacial score (nSPS) is 12.1. The monoisotopic (exact) mass is 407 g/mol. The molecule has 1 unspecified atom stereocenters. The van der Waals surface area contributed by atoms with Gasteiger partial charge in [-0.25, -0.2) is 0 Å². The Morgan fingerprint density at radius 1 is 1.07 bits per heavy atom. The summed E-state index contributed by atoms with van der Waals surface area (Å²) in [6.45, 7) is 4.10. The predicted molar refractivity (Wildman–Crippen MR) is 115 cm³/mol. The van der Waals surface area contributed by atoms with E-state index >= 15 is 0 Å². The minimum absolute atomic E-state index is 0.0389. The van der Waals surface area contributed by atoms with Crippen molar-refractivity contribution in [3.05, 3.63) is 63.6 Å². The largest absolute Gasteiger partial charge is 0.379 e. The topological polar surface area (TPSA) is 44.4 Å². The molecule has 0 saturated heterocycles. The van der Waals surface area contributed by atoms with Gasteiger partial charge in [-0.05, 0) is 57.2 Å². The smallest absolute Gasteiger partial charge is 0.227 e. The van der Waals surface area contributed by atoms with Gasteiger partial charge in [-0.1, -0.05) is 53.5 Å². The van der Waals surface area contributed by atoms with Crippen LogP contribution in [0.15, 0.2) is 42.5 Å². The summed E-state index contributed by atoms with van der Waals surface area (Å²) < 4.78 is 0. The highest BCUT2D eigenvalue weighted by molar-refractivity contribution is 6.39. The minimum atomic E-state index is -0.232. The lowest BCUT2D eigenvalue weighted by molar-refractivity contribution is -0.122. The molecule has 0 radical (unpaired) electrons. The third-order valence-electron chi connectivity index (χ3n) is 4.41. The number of carbonyl (C=O) groups is 1. The van der Waals surface area contributed by atoms with Crippen LogP contribution in [0, 0.1) is 0 Å². The van der Waals surface area contributed by atoms with Gasteiger partial charge in [0.25, 0.3) is 0 Å². The third-order valence-corrected chi connectivity index (χ3v) is 5.04. The number of nitrogens with one attached hydrogen (secondary N) is 2. The number of rotatable bonds is 9. The number of nitrogens with zero attached hydrogens (tertiary/aromatic N) is 1. The highest BCUT2D eigenvalue weighted by atomic mass is 35.5. The van der Waals surface area contributed by atoms with Crippen LogP contribution in [0.25, 0.3) is 0 Å². The quantitative estimate of drug-likeness (QED) is 0.587. The Morgan fingerprint density at radius 3 is 2.41 bits per heavy atom. The molecule has 0 bridgehead atoms. The van der Waals surface area contributed by atoms with E-state index in [1.807, 2.05) is 51.4 Å². The molecule has 4 nitrogen and oxygen atoms in total. The number of benzene rings is 2. The summed E-state index contributed by atoms with van der Waals surface area (Å²) in [7, 11) is 4.05. The molecule has 0 aliphatic heterocycles. The molecule has 1 atom stereocenters. The van der Waals surface area contributed by atoms with Crippen molar-refractivity contribution in [1.29, 1.82) is 0 Å². The van der Waals surface area contributed by atoms with Gasteiger partial charge in [0.2, 0.25) is 5.91 Å². The summed E-state index contributed by atoms with van der Waals surface area (Å²) >= 11 is 12.5. The Kier molecular flexibility index (Phi) is 8.42. The molecule has 0 aromatic heterocycles. The molecule has 0 aliphatic rings. The first kappa shape index (κ1) is 21.5. The van der Waals surface area contributed by atoms with Gasteiger partial charge < -0.3 is 15.5 Å². The number of hydrogen-bond acceptors (Lipinski definition) is 3. The molecule has 2 N–H and O–H groups in total. The SMILES string of the molecule is CC(C(=O)NCCCN(C)C)c1ccccc1CNc1c(Cl)cccc1Cl. The lowest BCUT2D eigenvalue weighted by Gasteiger charge is -2.18. The van der Waals surface area contributed by atoms with Gasteiger partial charge in [0, 0.05) is 13.1 Å². The molecule has 2 rings (SSSR count). The fraction of sp³-hybridized carbons (Fsp3) is 0.381. The number of para-hydroxylation sites is 1. The van der Waals surface area contributed by atoms with E-state index in [-0.39, 0.29) is 11.8 Å². The van der Waals surface area contributed by atoms with Crippen molar-refractivity contribution in [3.63, 3.8) is 0 Å². The van der Waals surface area contributed by atoms with Gasteiger partial charge in [0.15, 0.2) is 0 Å². The first-order valence-corrected chi connectivity index (χ1v) is 9.84. The highest BCUT2D eigenvalue weighted by Gasteiger charge is 2.18. The van der Waals surface area contributed by atoms with Crippen LogP contribution < -0.4 is 10.6 Å². The van der Waals surface area contributed by atoms with Crippen molar-refractivity contribution >= 4 is 34.8 Å². The van der Waals surface area contributed by atoms with Crippen LogP contribution in [-0.2, 0) is 11.3 Å². The van der Waals surface area contributed by atoms with Crippen LogP contribution >= 0.6 is 23.2 Å². The Balaban J connectivity index is 2.03. The van der Waals surface area contributed by atoms with Crippen molar-refractivity contribution < 1.29 is 4.79 Å². The first-order valence-electron chi connectivity index (χ1n) is 9.08. The van der Waals surface area contributed by atoms with Crippen LogP contribution in [0.4, 0.5) is 5.69 Å². The lowest BCUT2D eigenvalue weighted by atomic mass is 9.94. The van der Waals surface area contributed by atoms with E-state index in [4.69, 9.17) is 23.2 Å². The molecule has 1 amide bonds. The van der Waals surface area contributed by atoms with Crippen LogP contribution in [0.3, 0.4) is 0 Å². The standard InChI is InChI=1S/C21H27Cl2N3O/c1-15(21(27)24-12-7-13-26(2)3)17-9-5-4-8-16(17)14-25-20-18(22)10-6-11-19(20)23/h4-6,8-11,15,25H,7,12-14H2,1-3H3,(H,24,27). The summed E-state index contributed by atoms with van der Waals surface area (Å²) in [5.41, 5.74) is 2.75. The third kappa shape index (κ3) is 6.42. The van der Waals surface area contributed by atoms with Gasteiger partial charge in [-0.2, -0.15) is 0 Å². The second kappa shape index (κ2) is 10.5. The molecule has 0 saturated carbocycles. The van der Waals surface area contributed by atoms with E-state index < -0.39 is 0 Å². The van der Waals surface area contributed by atoms with E-state index in [1.54, 1.807) is 12.1 Å². The van der Waals surface area contributed by atoms with Crippen LogP contribution in [0.1, 0.15) is 30.4 Å². The molecule has 146 valence electrons. The number of carbonyl (C=O) groups excluding carboxylic acids is 1. The Hall–Kier alpha value is -1.75. The van der Waals surface area contributed by atoms with Gasteiger partial charge in [0.05, 0.1) is 21.7 Å². The van der Waals surface area contributed by atoms with E-state index in [0.29, 0.717) is 28.8 Å². The van der Waals surface area contributed by atoms with Crippen LogP contribution in [0.5, 0.6) is 0 Å². The van der Waals surface area contributed by atoms with Crippen molar-refractivity contribution in [2.45, 2.75) is 25.8 Å². The summed E-state index contributed by atoms with van der Waals surface area (Å²) in [6.07, 6.45) is 0.930. The zero-order valence-electron chi connectivity index (χ0n) is 16.1. The van der Waals surface area contributed by atoms with Gasteiger partial charge in [0.1, 0.15) is 0 Å². The summed E-state index contributed by atoms with van der Waals surface area (Å²) in [5.74, 6) is -0.193. The van der Waals surface area contributed by atoms with Crippen molar-refractivity contribution in [1.82, 2.24) is 10.2 Å². The molecule has 2 aromatic carbocycles. The first-order chi connectivity index (χ1) is 12.9. The van der Waals surface area contributed by atoms with E-state index in [0.717, 1.165) is 24.1 Å². The Morgan fingerprint density at radius 2 is 1.74 bits per heavy atom. The fourth-order valence-electron chi connectivity index (χ4n) is 2.87. The van der Waals surface area contributed by atoms with Gasteiger partial charge >= 0.3 is 0 Å². The number of anilines is 1. The van der Waals surface area contributed by atoms with E-state index in [1.165, 1.54) is 0 Å².